The molecule has 0 fully saturated rings. The quantitative estimate of drug-likeness (QED) is 0.885. The van der Waals surface area contributed by atoms with E-state index in [9.17, 15) is 0 Å². The van der Waals surface area contributed by atoms with Crippen LogP contribution in [0.3, 0.4) is 0 Å². The van der Waals surface area contributed by atoms with Gasteiger partial charge in [-0.2, -0.15) is 22.7 Å². The van der Waals surface area contributed by atoms with E-state index in [2.05, 4.69) is 48.8 Å². The molecule has 0 atom stereocenters. The van der Waals surface area contributed by atoms with Crippen molar-refractivity contribution in [2.75, 3.05) is 5.32 Å². The first kappa shape index (κ1) is 9.24. The molecule has 2 aromatic rings. The standard InChI is InChI=1S/C9H8BrNS2/c10-9-6-13-4-7(9)3-11-8-1-2-12-5-8/h1-2,4-6,11H,3H2. The number of nitrogens with one attached hydrogen (secondary N) is 1. The molecular weight excluding hydrogens is 266 g/mol. The Bertz CT molecular complexity index is 367. The number of halogens is 1. The summed E-state index contributed by atoms with van der Waals surface area (Å²) in [6.45, 7) is 0.890. The van der Waals surface area contributed by atoms with Gasteiger partial charge in [0.25, 0.3) is 0 Å². The van der Waals surface area contributed by atoms with Crippen molar-refractivity contribution in [1.29, 1.82) is 0 Å². The highest BCUT2D eigenvalue weighted by Gasteiger charge is 1.99. The Labute approximate surface area is 93.6 Å². The summed E-state index contributed by atoms with van der Waals surface area (Å²) in [7, 11) is 0. The zero-order valence-corrected chi connectivity index (χ0v) is 10.0. The molecule has 4 heteroatoms. The van der Waals surface area contributed by atoms with Crippen LogP contribution in [0.15, 0.2) is 32.1 Å². The van der Waals surface area contributed by atoms with Crippen molar-refractivity contribution in [2.45, 2.75) is 6.54 Å². The van der Waals surface area contributed by atoms with Gasteiger partial charge in [-0.15, -0.1) is 0 Å². The molecule has 13 heavy (non-hydrogen) atoms. The predicted octanol–water partition coefficient (Wildman–Crippen LogP) is 4.18. The highest BCUT2D eigenvalue weighted by atomic mass is 79.9. The predicted molar refractivity (Wildman–Crippen MR) is 63.7 cm³/mol. The first-order valence-corrected chi connectivity index (χ1v) is 6.51. The fourth-order valence-electron chi connectivity index (χ4n) is 0.996. The van der Waals surface area contributed by atoms with Crippen molar-refractivity contribution < 1.29 is 0 Å². The number of hydrogen-bond acceptors (Lipinski definition) is 3. The van der Waals surface area contributed by atoms with Crippen LogP contribution >= 0.6 is 38.6 Å². The Morgan fingerprint density at radius 2 is 2.15 bits per heavy atom. The maximum Gasteiger partial charge on any atom is 0.0451 e. The van der Waals surface area contributed by atoms with Crippen molar-refractivity contribution >= 4 is 44.3 Å². The lowest BCUT2D eigenvalue weighted by Crippen LogP contribution is -1.96. The Balaban J connectivity index is 1.97. The molecule has 0 spiro atoms. The average Bonchev–Trinajstić information content (AvgIpc) is 2.72. The van der Waals surface area contributed by atoms with Crippen LogP contribution in [0, 0.1) is 0 Å². The number of thiophene rings is 2. The van der Waals surface area contributed by atoms with Gasteiger partial charge in [-0.25, -0.2) is 0 Å². The van der Waals surface area contributed by atoms with Crippen LogP contribution in [-0.2, 0) is 6.54 Å². The molecule has 0 saturated heterocycles. The van der Waals surface area contributed by atoms with Crippen LogP contribution in [0.4, 0.5) is 5.69 Å². The Morgan fingerprint density at radius 3 is 2.77 bits per heavy atom. The van der Waals surface area contributed by atoms with Gasteiger partial charge in [0, 0.05) is 27.5 Å². The van der Waals surface area contributed by atoms with Gasteiger partial charge in [0.1, 0.15) is 0 Å². The number of rotatable bonds is 3. The molecule has 0 unspecified atom stereocenters. The minimum atomic E-state index is 0.890. The summed E-state index contributed by atoms with van der Waals surface area (Å²) in [6.07, 6.45) is 0. The first-order chi connectivity index (χ1) is 6.36. The van der Waals surface area contributed by atoms with Crippen LogP contribution in [0.1, 0.15) is 5.56 Å². The Kier molecular flexibility index (Phi) is 3.03. The second-order valence-electron chi connectivity index (χ2n) is 2.61. The van der Waals surface area contributed by atoms with Crippen LogP contribution in [0.25, 0.3) is 0 Å². The van der Waals surface area contributed by atoms with Gasteiger partial charge in [0.15, 0.2) is 0 Å². The molecule has 0 aliphatic heterocycles. The van der Waals surface area contributed by atoms with Crippen molar-refractivity contribution in [3.05, 3.63) is 37.6 Å². The second-order valence-corrected chi connectivity index (χ2v) is 4.99. The monoisotopic (exact) mass is 273 g/mol. The second kappa shape index (κ2) is 4.26. The lowest BCUT2D eigenvalue weighted by molar-refractivity contribution is 1.16. The van der Waals surface area contributed by atoms with E-state index in [-0.39, 0.29) is 0 Å². The topological polar surface area (TPSA) is 12.0 Å². The molecule has 0 saturated carbocycles. The smallest absolute Gasteiger partial charge is 0.0451 e. The third-order valence-corrected chi connectivity index (χ3v) is 4.21. The van der Waals surface area contributed by atoms with Crippen LogP contribution in [0.2, 0.25) is 0 Å². The fourth-order valence-corrected chi connectivity index (χ4v) is 3.05. The molecule has 2 heterocycles. The van der Waals surface area contributed by atoms with Crippen molar-refractivity contribution in [1.82, 2.24) is 0 Å². The molecule has 0 amide bonds. The normalized spacial score (nSPS) is 10.2. The van der Waals surface area contributed by atoms with E-state index in [1.54, 1.807) is 22.7 Å². The summed E-state index contributed by atoms with van der Waals surface area (Å²) in [5, 5.41) is 11.8. The number of anilines is 1. The summed E-state index contributed by atoms with van der Waals surface area (Å²) in [4.78, 5) is 0. The molecule has 0 aliphatic rings. The van der Waals surface area contributed by atoms with Gasteiger partial charge in [-0.05, 0) is 38.3 Å². The molecule has 2 rings (SSSR count). The maximum atomic E-state index is 3.50. The average molecular weight is 274 g/mol. The lowest BCUT2D eigenvalue weighted by atomic mass is 10.3. The summed E-state index contributed by atoms with van der Waals surface area (Å²) in [5.41, 5.74) is 2.51. The fraction of sp³-hybridized carbons (Fsp3) is 0.111. The van der Waals surface area contributed by atoms with E-state index in [1.165, 1.54) is 15.7 Å². The molecule has 0 bridgehead atoms. The zero-order chi connectivity index (χ0) is 9.10. The van der Waals surface area contributed by atoms with Crippen molar-refractivity contribution in [2.24, 2.45) is 0 Å². The van der Waals surface area contributed by atoms with Gasteiger partial charge in [0.05, 0.1) is 0 Å². The summed E-state index contributed by atoms with van der Waals surface area (Å²) >= 11 is 6.93. The van der Waals surface area contributed by atoms with E-state index >= 15 is 0 Å². The van der Waals surface area contributed by atoms with Crippen LogP contribution < -0.4 is 5.32 Å². The highest BCUT2D eigenvalue weighted by molar-refractivity contribution is 9.10. The highest BCUT2D eigenvalue weighted by Crippen LogP contribution is 2.22. The van der Waals surface area contributed by atoms with Gasteiger partial charge >= 0.3 is 0 Å². The molecular formula is C9H8BrNS2. The minimum Gasteiger partial charge on any atom is -0.380 e. The first-order valence-electron chi connectivity index (χ1n) is 3.83. The van der Waals surface area contributed by atoms with E-state index < -0.39 is 0 Å². The van der Waals surface area contributed by atoms with Crippen LogP contribution in [-0.4, -0.2) is 0 Å². The number of hydrogen-bond donors (Lipinski definition) is 1. The van der Waals surface area contributed by atoms with Gasteiger partial charge in [-0.1, -0.05) is 0 Å². The van der Waals surface area contributed by atoms with E-state index in [4.69, 9.17) is 0 Å². The Morgan fingerprint density at radius 1 is 1.23 bits per heavy atom. The molecule has 0 aromatic carbocycles. The third-order valence-electron chi connectivity index (χ3n) is 1.69. The molecule has 0 aliphatic carbocycles. The van der Waals surface area contributed by atoms with Gasteiger partial charge in [0.2, 0.25) is 0 Å². The maximum absolute atomic E-state index is 3.50. The molecule has 2 aromatic heterocycles. The molecule has 1 N–H and O–H groups in total. The van der Waals surface area contributed by atoms with Crippen molar-refractivity contribution in [3.63, 3.8) is 0 Å². The Hall–Kier alpha value is -0.320. The molecule has 68 valence electrons. The van der Waals surface area contributed by atoms with Crippen molar-refractivity contribution in [3.8, 4) is 0 Å². The van der Waals surface area contributed by atoms with E-state index in [0.717, 1.165) is 6.54 Å². The molecule has 1 nitrogen and oxygen atoms in total. The lowest BCUT2D eigenvalue weighted by Gasteiger charge is -2.01. The van der Waals surface area contributed by atoms with E-state index in [1.807, 2.05) is 0 Å². The SMILES string of the molecule is Brc1cscc1CNc1ccsc1. The summed E-state index contributed by atoms with van der Waals surface area (Å²) < 4.78 is 1.19. The largest absolute Gasteiger partial charge is 0.380 e. The molecule has 0 radical (unpaired) electrons. The van der Waals surface area contributed by atoms with Gasteiger partial charge in [-0.3, -0.25) is 0 Å². The van der Waals surface area contributed by atoms with E-state index in [0.29, 0.717) is 0 Å². The zero-order valence-electron chi connectivity index (χ0n) is 6.79. The summed E-state index contributed by atoms with van der Waals surface area (Å²) in [6, 6.07) is 2.09. The van der Waals surface area contributed by atoms with Gasteiger partial charge < -0.3 is 5.32 Å². The van der Waals surface area contributed by atoms with Crippen LogP contribution in [0.5, 0.6) is 0 Å². The third kappa shape index (κ3) is 2.33. The minimum absolute atomic E-state index is 0.890. The summed E-state index contributed by atoms with van der Waals surface area (Å²) in [5.74, 6) is 0.